The molecule has 1 atom stereocenters. The Morgan fingerprint density at radius 1 is 1.17 bits per heavy atom. The number of rotatable bonds is 3. The number of carbonyl (C=O) groups excluding carboxylic acids is 1. The number of H-pyrrole nitrogens is 1. The minimum atomic E-state index is -0.536. The summed E-state index contributed by atoms with van der Waals surface area (Å²) in [4.78, 5) is 22.6. The molecule has 35 heavy (non-hydrogen) atoms. The Bertz CT molecular complexity index is 1280. The molecule has 7 heteroatoms. The number of hydrogen-bond donors (Lipinski definition) is 1. The number of aromatic amines is 1. The second-order valence-electron chi connectivity index (χ2n) is 10.5. The van der Waals surface area contributed by atoms with Gasteiger partial charge in [0.2, 0.25) is 0 Å². The number of aromatic nitrogens is 2. The fourth-order valence-electron chi connectivity index (χ4n) is 5.31. The predicted molar refractivity (Wildman–Crippen MR) is 134 cm³/mol. The standard InChI is InChI=1S/C28H32N4O3/c1-28(2,3)35-27(33)32-10-4-5-25(32)24-13-19(6-7-22(24)18-8-11-34-12-9-18)20-14-23-21(15-29)17-31-26(23)30-16-20/h6-7,13-14,16-18,25H,4-5,8-12H2,1-3H3,(H,30,31)/t25-/m0/s1. The lowest BCUT2D eigenvalue weighted by atomic mass is 9.84. The number of pyridine rings is 1. The number of likely N-dealkylation sites (tertiary alicyclic amines) is 1. The van der Waals surface area contributed by atoms with Crippen molar-refractivity contribution in [1.82, 2.24) is 14.9 Å². The van der Waals surface area contributed by atoms with Crippen LogP contribution in [-0.2, 0) is 9.47 Å². The van der Waals surface area contributed by atoms with Crippen molar-refractivity contribution in [1.29, 1.82) is 5.26 Å². The summed E-state index contributed by atoms with van der Waals surface area (Å²) in [6.45, 7) is 7.94. The third kappa shape index (κ3) is 4.76. The van der Waals surface area contributed by atoms with E-state index in [2.05, 4.69) is 34.2 Å². The molecule has 0 spiro atoms. The van der Waals surface area contributed by atoms with Crippen molar-refractivity contribution >= 4 is 17.1 Å². The SMILES string of the molecule is CC(C)(C)OC(=O)N1CCC[C@H]1c1cc(-c2cnc3[nH]cc(C#N)c3c2)ccc1C1CCOCC1. The van der Waals surface area contributed by atoms with Crippen LogP contribution in [0.5, 0.6) is 0 Å². The highest BCUT2D eigenvalue weighted by atomic mass is 16.6. The molecule has 0 aliphatic carbocycles. The summed E-state index contributed by atoms with van der Waals surface area (Å²) in [6.07, 6.45) is 7.10. The Hall–Kier alpha value is -3.37. The van der Waals surface area contributed by atoms with Crippen molar-refractivity contribution in [2.75, 3.05) is 19.8 Å². The zero-order valence-corrected chi connectivity index (χ0v) is 20.6. The van der Waals surface area contributed by atoms with Crippen LogP contribution in [0.2, 0.25) is 0 Å². The van der Waals surface area contributed by atoms with Crippen LogP contribution >= 0.6 is 0 Å². The summed E-state index contributed by atoms with van der Waals surface area (Å²) in [5.41, 5.74) is 5.22. The predicted octanol–water partition coefficient (Wildman–Crippen LogP) is 6.07. The third-order valence-electron chi connectivity index (χ3n) is 6.97. The molecule has 182 valence electrons. The first kappa shape index (κ1) is 23.4. The van der Waals surface area contributed by atoms with Gasteiger partial charge in [-0.2, -0.15) is 5.26 Å². The summed E-state index contributed by atoms with van der Waals surface area (Å²) in [5, 5.41) is 10.3. The molecule has 2 aromatic heterocycles. The number of amides is 1. The molecule has 2 fully saturated rings. The summed E-state index contributed by atoms with van der Waals surface area (Å²) in [5.74, 6) is 0.407. The van der Waals surface area contributed by atoms with E-state index in [9.17, 15) is 10.1 Å². The molecule has 5 rings (SSSR count). The van der Waals surface area contributed by atoms with Gasteiger partial charge >= 0.3 is 6.09 Å². The van der Waals surface area contributed by atoms with E-state index < -0.39 is 5.60 Å². The largest absolute Gasteiger partial charge is 0.444 e. The van der Waals surface area contributed by atoms with E-state index in [1.807, 2.05) is 37.9 Å². The van der Waals surface area contributed by atoms with Crippen LogP contribution in [-0.4, -0.2) is 46.3 Å². The van der Waals surface area contributed by atoms with E-state index in [1.165, 1.54) is 11.1 Å². The van der Waals surface area contributed by atoms with Gasteiger partial charge in [0, 0.05) is 43.1 Å². The quantitative estimate of drug-likeness (QED) is 0.500. The normalized spacial score (nSPS) is 19.1. The van der Waals surface area contributed by atoms with Crippen molar-refractivity contribution in [3.63, 3.8) is 0 Å². The van der Waals surface area contributed by atoms with Crippen LogP contribution < -0.4 is 0 Å². The monoisotopic (exact) mass is 472 g/mol. The van der Waals surface area contributed by atoms with Crippen LogP contribution in [0.25, 0.3) is 22.2 Å². The van der Waals surface area contributed by atoms with Crippen molar-refractivity contribution < 1.29 is 14.3 Å². The average molecular weight is 473 g/mol. The number of fused-ring (bicyclic) bond motifs is 1. The van der Waals surface area contributed by atoms with Crippen molar-refractivity contribution in [3.8, 4) is 17.2 Å². The number of nitriles is 1. The van der Waals surface area contributed by atoms with Crippen LogP contribution in [0.1, 0.15) is 75.1 Å². The van der Waals surface area contributed by atoms with Crippen molar-refractivity contribution in [2.45, 2.75) is 64.0 Å². The van der Waals surface area contributed by atoms with Gasteiger partial charge in [-0.15, -0.1) is 0 Å². The molecule has 2 saturated heterocycles. The van der Waals surface area contributed by atoms with Gasteiger partial charge in [0.05, 0.1) is 11.6 Å². The Kier molecular flexibility index (Phi) is 6.24. The number of nitrogens with zero attached hydrogens (tertiary/aromatic N) is 3. The van der Waals surface area contributed by atoms with E-state index >= 15 is 0 Å². The highest BCUT2D eigenvalue weighted by Crippen LogP contribution is 2.41. The van der Waals surface area contributed by atoms with E-state index in [0.717, 1.165) is 55.4 Å². The van der Waals surface area contributed by atoms with Crippen molar-refractivity contribution in [3.05, 3.63) is 53.3 Å². The number of carbonyl (C=O) groups is 1. The van der Waals surface area contributed by atoms with E-state index in [0.29, 0.717) is 23.7 Å². The summed E-state index contributed by atoms with van der Waals surface area (Å²) >= 11 is 0. The first-order chi connectivity index (χ1) is 16.8. The Morgan fingerprint density at radius 3 is 2.71 bits per heavy atom. The third-order valence-corrected chi connectivity index (χ3v) is 6.97. The van der Waals surface area contributed by atoms with Gasteiger partial charge in [0.25, 0.3) is 0 Å². The minimum absolute atomic E-state index is 0.0266. The fraction of sp³-hybridized carbons (Fsp3) is 0.464. The highest BCUT2D eigenvalue weighted by molar-refractivity contribution is 5.86. The van der Waals surface area contributed by atoms with Gasteiger partial charge in [-0.3, -0.25) is 0 Å². The Morgan fingerprint density at radius 2 is 1.97 bits per heavy atom. The van der Waals surface area contributed by atoms with Crippen LogP contribution in [0.15, 0.2) is 36.7 Å². The van der Waals surface area contributed by atoms with Crippen LogP contribution in [0.3, 0.4) is 0 Å². The van der Waals surface area contributed by atoms with E-state index in [1.54, 1.807) is 6.20 Å². The smallest absolute Gasteiger partial charge is 0.410 e. The molecule has 4 heterocycles. The maximum atomic E-state index is 13.1. The highest BCUT2D eigenvalue weighted by Gasteiger charge is 2.35. The number of ether oxygens (including phenoxy) is 2. The number of hydrogen-bond acceptors (Lipinski definition) is 5. The second-order valence-corrected chi connectivity index (χ2v) is 10.5. The van der Waals surface area contributed by atoms with Crippen molar-refractivity contribution in [2.24, 2.45) is 0 Å². The lowest BCUT2D eigenvalue weighted by Crippen LogP contribution is -2.36. The van der Waals surface area contributed by atoms with E-state index in [4.69, 9.17) is 9.47 Å². The molecule has 1 aromatic carbocycles. The lowest BCUT2D eigenvalue weighted by molar-refractivity contribution is 0.0222. The summed E-state index contributed by atoms with van der Waals surface area (Å²) in [6, 6.07) is 10.8. The fourth-order valence-corrected chi connectivity index (χ4v) is 5.31. The topological polar surface area (TPSA) is 91.2 Å². The molecular formula is C28H32N4O3. The summed E-state index contributed by atoms with van der Waals surface area (Å²) in [7, 11) is 0. The van der Waals surface area contributed by atoms with Crippen LogP contribution in [0.4, 0.5) is 4.79 Å². The number of nitrogens with one attached hydrogen (secondary N) is 1. The number of benzene rings is 1. The molecule has 3 aromatic rings. The Balaban J connectivity index is 1.57. The maximum absolute atomic E-state index is 13.1. The van der Waals surface area contributed by atoms with Crippen LogP contribution in [0, 0.1) is 11.3 Å². The van der Waals surface area contributed by atoms with Gasteiger partial charge in [-0.05, 0) is 81.2 Å². The molecule has 1 amide bonds. The molecule has 0 unspecified atom stereocenters. The molecule has 0 bridgehead atoms. The zero-order valence-electron chi connectivity index (χ0n) is 20.6. The summed E-state index contributed by atoms with van der Waals surface area (Å²) < 4.78 is 11.4. The first-order valence-corrected chi connectivity index (χ1v) is 12.4. The zero-order chi connectivity index (χ0) is 24.6. The lowest BCUT2D eigenvalue weighted by Gasteiger charge is -2.32. The molecule has 2 aliphatic rings. The van der Waals surface area contributed by atoms with Gasteiger partial charge in [-0.1, -0.05) is 12.1 Å². The molecule has 0 radical (unpaired) electrons. The average Bonchev–Trinajstić information content (AvgIpc) is 3.50. The van der Waals surface area contributed by atoms with Gasteiger partial charge in [0.1, 0.15) is 17.3 Å². The van der Waals surface area contributed by atoms with Gasteiger partial charge < -0.3 is 19.4 Å². The van der Waals surface area contributed by atoms with E-state index in [-0.39, 0.29) is 12.1 Å². The maximum Gasteiger partial charge on any atom is 0.410 e. The molecule has 7 nitrogen and oxygen atoms in total. The molecule has 0 saturated carbocycles. The first-order valence-electron chi connectivity index (χ1n) is 12.4. The molecule has 2 aliphatic heterocycles. The second kappa shape index (κ2) is 9.35. The van der Waals surface area contributed by atoms with Gasteiger partial charge in [0.15, 0.2) is 0 Å². The molecular weight excluding hydrogens is 440 g/mol. The van der Waals surface area contributed by atoms with Gasteiger partial charge in [-0.25, -0.2) is 9.78 Å². The molecule has 1 N–H and O–H groups in total. The Labute approximate surface area is 206 Å². The minimum Gasteiger partial charge on any atom is -0.444 e.